The summed E-state index contributed by atoms with van der Waals surface area (Å²) in [5, 5.41) is 8.79. The zero-order valence-corrected chi connectivity index (χ0v) is 9.42. The van der Waals surface area contributed by atoms with Crippen LogP contribution in [0.2, 0.25) is 0 Å². The molecular formula is C11H13NO2S. The molecule has 0 saturated heterocycles. The van der Waals surface area contributed by atoms with Crippen LogP contribution in [0, 0.1) is 11.3 Å². The first-order valence-electron chi connectivity index (χ1n) is 4.83. The van der Waals surface area contributed by atoms with E-state index < -0.39 is 9.84 Å². The van der Waals surface area contributed by atoms with Crippen LogP contribution in [0.15, 0.2) is 29.2 Å². The highest BCUT2D eigenvalue weighted by molar-refractivity contribution is 7.91. The van der Waals surface area contributed by atoms with Crippen LogP contribution in [-0.2, 0) is 9.84 Å². The topological polar surface area (TPSA) is 57.9 Å². The minimum absolute atomic E-state index is 0.113. The summed E-state index contributed by atoms with van der Waals surface area (Å²) in [6, 6.07) is 8.22. The van der Waals surface area contributed by atoms with Gasteiger partial charge in [-0.15, -0.1) is 0 Å². The maximum absolute atomic E-state index is 11.8. The van der Waals surface area contributed by atoms with Crippen molar-refractivity contribution in [2.75, 3.05) is 5.75 Å². The molecule has 80 valence electrons. The highest BCUT2D eigenvalue weighted by atomic mass is 32.2. The summed E-state index contributed by atoms with van der Waals surface area (Å²) < 4.78 is 23.6. The van der Waals surface area contributed by atoms with Crippen LogP contribution < -0.4 is 0 Å². The van der Waals surface area contributed by atoms with E-state index in [0.717, 1.165) is 6.42 Å². The number of benzene rings is 1. The zero-order valence-electron chi connectivity index (χ0n) is 8.60. The van der Waals surface area contributed by atoms with Crippen molar-refractivity contribution >= 4 is 9.84 Å². The Labute approximate surface area is 90.3 Å². The quantitative estimate of drug-likeness (QED) is 0.785. The van der Waals surface area contributed by atoms with Crippen molar-refractivity contribution in [3.63, 3.8) is 0 Å². The van der Waals surface area contributed by atoms with Gasteiger partial charge in [0.25, 0.3) is 0 Å². The molecule has 1 aromatic carbocycles. The van der Waals surface area contributed by atoms with E-state index >= 15 is 0 Å². The van der Waals surface area contributed by atoms with Crippen LogP contribution in [-0.4, -0.2) is 14.2 Å². The van der Waals surface area contributed by atoms with Gasteiger partial charge < -0.3 is 0 Å². The van der Waals surface area contributed by atoms with Gasteiger partial charge in [0.15, 0.2) is 9.84 Å². The Morgan fingerprint density at radius 3 is 2.60 bits per heavy atom. The van der Waals surface area contributed by atoms with Crippen LogP contribution in [0.25, 0.3) is 0 Å². The van der Waals surface area contributed by atoms with E-state index in [1.165, 1.54) is 12.1 Å². The van der Waals surface area contributed by atoms with E-state index in [1.807, 2.05) is 13.0 Å². The second kappa shape index (κ2) is 4.94. The molecule has 0 aliphatic rings. The predicted octanol–water partition coefficient (Wildman–Crippen LogP) is 2.13. The second-order valence-corrected chi connectivity index (χ2v) is 5.36. The molecule has 0 amide bonds. The summed E-state index contributed by atoms with van der Waals surface area (Å²) >= 11 is 0. The summed E-state index contributed by atoms with van der Waals surface area (Å²) in [5.41, 5.74) is 0.230. The van der Waals surface area contributed by atoms with Crippen molar-refractivity contribution in [2.45, 2.75) is 24.7 Å². The molecule has 0 bridgehead atoms. The molecule has 0 aliphatic heterocycles. The molecule has 3 nitrogen and oxygen atoms in total. The molecule has 0 radical (unpaired) electrons. The molecule has 0 atom stereocenters. The van der Waals surface area contributed by atoms with Gasteiger partial charge in [0, 0.05) is 0 Å². The van der Waals surface area contributed by atoms with Crippen molar-refractivity contribution in [1.82, 2.24) is 0 Å². The third-order valence-electron chi connectivity index (χ3n) is 2.11. The van der Waals surface area contributed by atoms with E-state index in [9.17, 15) is 8.42 Å². The number of rotatable bonds is 4. The Morgan fingerprint density at radius 2 is 2.00 bits per heavy atom. The fourth-order valence-corrected chi connectivity index (χ4v) is 2.90. The summed E-state index contributed by atoms with van der Waals surface area (Å²) in [7, 11) is -3.29. The molecule has 0 aromatic heterocycles. The van der Waals surface area contributed by atoms with Crippen LogP contribution in [0.4, 0.5) is 0 Å². The smallest absolute Gasteiger partial charge is 0.179 e. The Morgan fingerprint density at radius 1 is 1.33 bits per heavy atom. The number of hydrogen-bond donors (Lipinski definition) is 0. The summed E-state index contributed by atoms with van der Waals surface area (Å²) in [4.78, 5) is 0.154. The van der Waals surface area contributed by atoms with E-state index in [0.29, 0.717) is 6.42 Å². The number of nitriles is 1. The van der Waals surface area contributed by atoms with Gasteiger partial charge >= 0.3 is 0 Å². The largest absolute Gasteiger partial charge is 0.224 e. The lowest BCUT2D eigenvalue weighted by molar-refractivity contribution is 0.592. The minimum atomic E-state index is -3.29. The van der Waals surface area contributed by atoms with Crippen LogP contribution in [0.3, 0.4) is 0 Å². The summed E-state index contributed by atoms with van der Waals surface area (Å²) in [6.45, 7) is 1.94. The van der Waals surface area contributed by atoms with Crippen molar-refractivity contribution in [3.8, 4) is 6.07 Å². The number of nitrogens with zero attached hydrogens (tertiary/aromatic N) is 1. The van der Waals surface area contributed by atoms with Crippen LogP contribution in [0.1, 0.15) is 25.3 Å². The van der Waals surface area contributed by atoms with Crippen molar-refractivity contribution in [2.24, 2.45) is 0 Å². The third-order valence-corrected chi connectivity index (χ3v) is 3.96. The van der Waals surface area contributed by atoms with E-state index in [2.05, 4.69) is 0 Å². The van der Waals surface area contributed by atoms with E-state index in [-0.39, 0.29) is 16.2 Å². The van der Waals surface area contributed by atoms with Gasteiger partial charge in [0.1, 0.15) is 6.07 Å². The molecule has 0 aliphatic carbocycles. The van der Waals surface area contributed by atoms with Gasteiger partial charge in [-0.2, -0.15) is 5.26 Å². The lowest BCUT2D eigenvalue weighted by atomic mass is 10.2. The van der Waals surface area contributed by atoms with Gasteiger partial charge in [-0.05, 0) is 18.6 Å². The number of unbranched alkanes of at least 4 members (excludes halogenated alkanes) is 1. The maximum Gasteiger partial charge on any atom is 0.179 e. The zero-order chi connectivity index (χ0) is 11.3. The molecule has 0 saturated carbocycles. The molecular weight excluding hydrogens is 210 g/mol. The van der Waals surface area contributed by atoms with Crippen molar-refractivity contribution in [3.05, 3.63) is 29.8 Å². The first kappa shape index (κ1) is 11.7. The molecule has 4 heteroatoms. The lowest BCUT2D eigenvalue weighted by Gasteiger charge is -2.04. The molecule has 0 heterocycles. The molecule has 15 heavy (non-hydrogen) atoms. The third kappa shape index (κ3) is 2.80. The second-order valence-electron chi connectivity index (χ2n) is 3.28. The van der Waals surface area contributed by atoms with Crippen LogP contribution in [0.5, 0.6) is 0 Å². The maximum atomic E-state index is 11.8. The first-order chi connectivity index (χ1) is 7.11. The average molecular weight is 223 g/mol. The van der Waals surface area contributed by atoms with E-state index in [4.69, 9.17) is 5.26 Å². The Kier molecular flexibility index (Phi) is 3.87. The average Bonchev–Trinajstić information content (AvgIpc) is 2.26. The normalized spacial score (nSPS) is 10.9. The molecule has 0 fully saturated rings. The standard InChI is InChI=1S/C11H13NO2S/c1-2-3-8-15(13,14)11-7-5-4-6-10(11)9-12/h4-7H,2-3,8H2,1H3. The van der Waals surface area contributed by atoms with E-state index in [1.54, 1.807) is 12.1 Å². The molecule has 1 aromatic rings. The SMILES string of the molecule is CCCCS(=O)(=O)c1ccccc1C#N. The first-order valence-corrected chi connectivity index (χ1v) is 6.49. The number of hydrogen-bond acceptors (Lipinski definition) is 3. The fraction of sp³-hybridized carbons (Fsp3) is 0.364. The lowest BCUT2D eigenvalue weighted by Crippen LogP contribution is -2.08. The highest BCUT2D eigenvalue weighted by Gasteiger charge is 2.17. The predicted molar refractivity (Wildman–Crippen MR) is 58.1 cm³/mol. The highest BCUT2D eigenvalue weighted by Crippen LogP contribution is 2.17. The van der Waals surface area contributed by atoms with Gasteiger partial charge in [0.2, 0.25) is 0 Å². The monoisotopic (exact) mass is 223 g/mol. The van der Waals surface area contributed by atoms with Gasteiger partial charge in [-0.3, -0.25) is 0 Å². The van der Waals surface area contributed by atoms with Crippen LogP contribution >= 0.6 is 0 Å². The van der Waals surface area contributed by atoms with Gasteiger partial charge in [0.05, 0.1) is 16.2 Å². The molecule has 1 rings (SSSR count). The molecule has 0 N–H and O–H groups in total. The molecule has 0 spiro atoms. The Balaban J connectivity index is 3.11. The van der Waals surface area contributed by atoms with Crippen molar-refractivity contribution in [1.29, 1.82) is 5.26 Å². The minimum Gasteiger partial charge on any atom is -0.224 e. The Bertz CT molecular complexity index is 472. The molecule has 0 unspecified atom stereocenters. The summed E-state index contributed by atoms with van der Waals surface area (Å²) in [6.07, 6.45) is 1.45. The summed E-state index contributed by atoms with van der Waals surface area (Å²) in [5.74, 6) is 0.113. The van der Waals surface area contributed by atoms with Gasteiger partial charge in [-0.1, -0.05) is 25.5 Å². The van der Waals surface area contributed by atoms with Gasteiger partial charge in [-0.25, -0.2) is 8.42 Å². The Hall–Kier alpha value is -1.34. The van der Waals surface area contributed by atoms with Crippen molar-refractivity contribution < 1.29 is 8.42 Å². The fourth-order valence-electron chi connectivity index (χ4n) is 1.27. The number of sulfone groups is 1.